The second kappa shape index (κ2) is 9.37. The van der Waals surface area contributed by atoms with Gasteiger partial charge in [0, 0.05) is 10.9 Å². The van der Waals surface area contributed by atoms with Crippen LogP contribution in [-0.2, 0) is 5.41 Å². The molecule has 1 unspecified atom stereocenters. The molecule has 0 radical (unpaired) electrons. The lowest BCUT2D eigenvalue weighted by molar-refractivity contribution is 0.488. The van der Waals surface area contributed by atoms with Crippen LogP contribution in [0.15, 0.2) is 170 Å². The summed E-state index contributed by atoms with van der Waals surface area (Å²) < 4.78 is 6.65. The van der Waals surface area contributed by atoms with E-state index in [1.165, 1.54) is 93.5 Å². The SMILES string of the molecule is c1ccc2c(c1)-c1ccc(-c3ccc4c5c(cccc35)-c3cc5ccccc5cc3O4)cc1C21c2ccccc2-c2c1ccc1ccccc21. The van der Waals surface area contributed by atoms with Crippen molar-refractivity contribution in [2.24, 2.45) is 0 Å². The van der Waals surface area contributed by atoms with Gasteiger partial charge in [-0.2, -0.15) is 0 Å². The Balaban J connectivity index is 1.13. The van der Waals surface area contributed by atoms with E-state index in [0.29, 0.717) is 0 Å². The average molecular weight is 633 g/mol. The second-order valence-electron chi connectivity index (χ2n) is 13.9. The molecule has 9 aromatic carbocycles. The fourth-order valence-electron chi connectivity index (χ4n) is 9.64. The summed E-state index contributed by atoms with van der Waals surface area (Å²) in [6.07, 6.45) is 0. The number of hydrogen-bond acceptors (Lipinski definition) is 1. The topological polar surface area (TPSA) is 9.23 Å². The summed E-state index contributed by atoms with van der Waals surface area (Å²) in [4.78, 5) is 0. The molecular formula is C49H28O. The highest BCUT2D eigenvalue weighted by atomic mass is 16.5. The molecule has 12 rings (SSSR count). The van der Waals surface area contributed by atoms with E-state index in [-0.39, 0.29) is 0 Å². The average Bonchev–Trinajstić information content (AvgIpc) is 3.65. The van der Waals surface area contributed by atoms with Crippen molar-refractivity contribution in [3.05, 3.63) is 192 Å². The number of rotatable bonds is 1. The molecule has 1 aliphatic heterocycles. The van der Waals surface area contributed by atoms with Crippen LogP contribution < -0.4 is 4.74 Å². The molecule has 230 valence electrons. The predicted molar refractivity (Wildman–Crippen MR) is 206 cm³/mol. The minimum atomic E-state index is -0.409. The summed E-state index contributed by atoms with van der Waals surface area (Å²) in [5.41, 5.74) is 15.2. The number of ether oxygens (including phenoxy) is 1. The Morgan fingerprint density at radius 1 is 0.340 bits per heavy atom. The van der Waals surface area contributed by atoms with E-state index in [1.807, 2.05) is 0 Å². The molecule has 9 aromatic rings. The molecule has 0 bridgehead atoms. The van der Waals surface area contributed by atoms with Crippen LogP contribution in [0.3, 0.4) is 0 Å². The smallest absolute Gasteiger partial charge is 0.135 e. The molecular weight excluding hydrogens is 605 g/mol. The Morgan fingerprint density at radius 3 is 1.88 bits per heavy atom. The maximum absolute atomic E-state index is 6.65. The van der Waals surface area contributed by atoms with Crippen LogP contribution in [-0.4, -0.2) is 0 Å². The summed E-state index contributed by atoms with van der Waals surface area (Å²) in [6, 6.07) is 63.0. The molecule has 0 saturated heterocycles. The molecule has 0 amide bonds. The quantitative estimate of drug-likeness (QED) is 0.175. The van der Waals surface area contributed by atoms with Crippen molar-refractivity contribution in [3.8, 4) is 56.0 Å². The summed E-state index contributed by atoms with van der Waals surface area (Å²) >= 11 is 0. The van der Waals surface area contributed by atoms with Crippen molar-refractivity contribution in [1.29, 1.82) is 0 Å². The molecule has 1 heterocycles. The van der Waals surface area contributed by atoms with Crippen LogP contribution in [0.2, 0.25) is 0 Å². The first-order chi connectivity index (χ1) is 24.8. The first-order valence-electron chi connectivity index (χ1n) is 17.4. The highest BCUT2D eigenvalue weighted by Gasteiger charge is 2.52. The maximum atomic E-state index is 6.65. The van der Waals surface area contributed by atoms with Gasteiger partial charge in [-0.3, -0.25) is 0 Å². The van der Waals surface area contributed by atoms with Gasteiger partial charge in [-0.25, -0.2) is 0 Å². The van der Waals surface area contributed by atoms with Gasteiger partial charge in [-0.05, 0) is 112 Å². The van der Waals surface area contributed by atoms with Crippen molar-refractivity contribution in [1.82, 2.24) is 0 Å². The van der Waals surface area contributed by atoms with Crippen LogP contribution in [0.25, 0.3) is 76.8 Å². The van der Waals surface area contributed by atoms with E-state index in [1.54, 1.807) is 0 Å². The molecule has 0 N–H and O–H groups in total. The third-order valence-electron chi connectivity index (χ3n) is 11.6. The first-order valence-corrected chi connectivity index (χ1v) is 17.4. The standard InChI is InChI=1S/C49H28O/c1-2-12-31-28-46-40(26-30(31)11-1)38-17-9-16-37-33(23-25-45(50-46)48(37)38)32-20-22-36-35-14-5-7-18-41(35)49(44(36)27-32)42-19-8-6-15-39(42)47-34-13-4-3-10-29(34)21-24-43(47)49/h1-28H. The second-order valence-corrected chi connectivity index (χ2v) is 13.9. The predicted octanol–water partition coefficient (Wildman–Crippen LogP) is 12.9. The van der Waals surface area contributed by atoms with E-state index in [9.17, 15) is 0 Å². The molecule has 1 atom stereocenters. The van der Waals surface area contributed by atoms with Gasteiger partial charge in [-0.15, -0.1) is 0 Å². The fourth-order valence-corrected chi connectivity index (χ4v) is 9.64. The molecule has 0 saturated carbocycles. The lowest BCUT2D eigenvalue weighted by atomic mass is 9.70. The van der Waals surface area contributed by atoms with E-state index in [4.69, 9.17) is 4.74 Å². The van der Waals surface area contributed by atoms with Gasteiger partial charge in [0.2, 0.25) is 0 Å². The largest absolute Gasteiger partial charge is 0.456 e. The number of hydrogen-bond donors (Lipinski definition) is 0. The van der Waals surface area contributed by atoms with Gasteiger partial charge >= 0.3 is 0 Å². The zero-order chi connectivity index (χ0) is 32.6. The summed E-state index contributed by atoms with van der Waals surface area (Å²) in [5.74, 6) is 1.83. The van der Waals surface area contributed by atoms with E-state index in [0.717, 1.165) is 17.1 Å². The third-order valence-corrected chi connectivity index (χ3v) is 11.6. The molecule has 1 nitrogen and oxygen atoms in total. The van der Waals surface area contributed by atoms with Gasteiger partial charge in [0.25, 0.3) is 0 Å². The van der Waals surface area contributed by atoms with Crippen LogP contribution in [0.5, 0.6) is 11.5 Å². The zero-order valence-electron chi connectivity index (χ0n) is 27.1. The highest BCUT2D eigenvalue weighted by molar-refractivity contribution is 6.12. The monoisotopic (exact) mass is 632 g/mol. The van der Waals surface area contributed by atoms with Gasteiger partial charge in [-0.1, -0.05) is 146 Å². The molecule has 0 aromatic heterocycles. The number of benzene rings is 9. The Labute approximate surface area is 289 Å². The normalized spacial score (nSPS) is 15.8. The van der Waals surface area contributed by atoms with Crippen molar-refractivity contribution >= 4 is 32.3 Å². The van der Waals surface area contributed by atoms with Gasteiger partial charge in [0.15, 0.2) is 0 Å². The van der Waals surface area contributed by atoms with Crippen LogP contribution >= 0.6 is 0 Å². The Bertz CT molecular complexity index is 2970. The van der Waals surface area contributed by atoms with E-state index in [2.05, 4.69) is 170 Å². The molecule has 0 fully saturated rings. The Kier molecular flexibility index (Phi) is 4.97. The van der Waals surface area contributed by atoms with Crippen molar-refractivity contribution in [3.63, 3.8) is 0 Å². The molecule has 2 aliphatic carbocycles. The summed E-state index contributed by atoms with van der Waals surface area (Å²) in [7, 11) is 0. The van der Waals surface area contributed by atoms with Gasteiger partial charge in [0.05, 0.1) is 5.41 Å². The maximum Gasteiger partial charge on any atom is 0.135 e. The Morgan fingerprint density at radius 2 is 1.00 bits per heavy atom. The van der Waals surface area contributed by atoms with E-state index >= 15 is 0 Å². The lowest BCUT2D eigenvalue weighted by Crippen LogP contribution is -2.25. The van der Waals surface area contributed by atoms with E-state index < -0.39 is 5.41 Å². The fraction of sp³-hybridized carbons (Fsp3) is 0.0204. The minimum absolute atomic E-state index is 0.409. The zero-order valence-corrected chi connectivity index (χ0v) is 27.1. The summed E-state index contributed by atoms with van der Waals surface area (Å²) in [5, 5.41) is 7.39. The third kappa shape index (κ3) is 3.18. The van der Waals surface area contributed by atoms with Gasteiger partial charge < -0.3 is 4.74 Å². The van der Waals surface area contributed by atoms with Crippen LogP contribution in [0, 0.1) is 0 Å². The minimum Gasteiger partial charge on any atom is -0.456 e. The van der Waals surface area contributed by atoms with Gasteiger partial charge in [0.1, 0.15) is 11.5 Å². The number of fused-ring (bicyclic) bond motifs is 15. The molecule has 3 aliphatic rings. The van der Waals surface area contributed by atoms with Crippen molar-refractivity contribution < 1.29 is 4.74 Å². The summed E-state index contributed by atoms with van der Waals surface area (Å²) in [6.45, 7) is 0. The Hall–Kier alpha value is -6.44. The molecule has 1 heteroatoms. The molecule has 50 heavy (non-hydrogen) atoms. The lowest BCUT2D eigenvalue weighted by Gasteiger charge is -2.31. The first kappa shape index (κ1) is 26.5. The molecule has 1 spiro atoms. The highest BCUT2D eigenvalue weighted by Crippen LogP contribution is 2.64. The van der Waals surface area contributed by atoms with Crippen molar-refractivity contribution in [2.75, 3.05) is 0 Å². The van der Waals surface area contributed by atoms with Crippen molar-refractivity contribution in [2.45, 2.75) is 5.41 Å². The van der Waals surface area contributed by atoms with Crippen LogP contribution in [0.1, 0.15) is 22.3 Å². The van der Waals surface area contributed by atoms with Crippen LogP contribution in [0.4, 0.5) is 0 Å².